The summed E-state index contributed by atoms with van der Waals surface area (Å²) in [5, 5.41) is 0. The standard InChI is InChI=1S/C10H11F2NO4/c1-15-7-5(8(11)12)4-13-9(16-2)6(7)10(14)17-3/h4,8H,1-3H3. The van der Waals surface area contributed by atoms with Gasteiger partial charge in [0.15, 0.2) is 5.56 Å². The third-order valence-electron chi connectivity index (χ3n) is 2.05. The zero-order valence-corrected chi connectivity index (χ0v) is 9.49. The number of aromatic nitrogens is 1. The van der Waals surface area contributed by atoms with Crippen LogP contribution < -0.4 is 9.47 Å². The van der Waals surface area contributed by atoms with Gasteiger partial charge < -0.3 is 14.2 Å². The first-order chi connectivity index (χ1) is 8.06. The van der Waals surface area contributed by atoms with Gasteiger partial charge in [0.05, 0.1) is 26.9 Å². The van der Waals surface area contributed by atoms with Gasteiger partial charge in [0, 0.05) is 6.20 Å². The summed E-state index contributed by atoms with van der Waals surface area (Å²) >= 11 is 0. The lowest BCUT2D eigenvalue weighted by molar-refractivity contribution is 0.0591. The summed E-state index contributed by atoms with van der Waals surface area (Å²) in [7, 11) is 3.56. The maximum absolute atomic E-state index is 12.7. The fourth-order valence-corrected chi connectivity index (χ4v) is 1.30. The molecule has 0 saturated heterocycles. The van der Waals surface area contributed by atoms with Gasteiger partial charge in [-0.05, 0) is 0 Å². The average Bonchev–Trinajstić information content (AvgIpc) is 2.35. The van der Waals surface area contributed by atoms with Gasteiger partial charge >= 0.3 is 5.97 Å². The highest BCUT2D eigenvalue weighted by Gasteiger charge is 2.27. The molecule has 7 heteroatoms. The van der Waals surface area contributed by atoms with E-state index in [4.69, 9.17) is 9.47 Å². The van der Waals surface area contributed by atoms with E-state index in [-0.39, 0.29) is 17.2 Å². The summed E-state index contributed by atoms with van der Waals surface area (Å²) in [6.07, 6.45) is -1.92. The number of carbonyl (C=O) groups excluding carboxylic acids is 1. The van der Waals surface area contributed by atoms with Crippen LogP contribution in [0.15, 0.2) is 6.20 Å². The Bertz CT molecular complexity index is 423. The molecule has 0 unspecified atom stereocenters. The monoisotopic (exact) mass is 247 g/mol. The van der Waals surface area contributed by atoms with Gasteiger partial charge in [-0.1, -0.05) is 0 Å². The Kier molecular flexibility index (Phi) is 4.19. The van der Waals surface area contributed by atoms with Crippen molar-refractivity contribution in [1.29, 1.82) is 0 Å². The quantitative estimate of drug-likeness (QED) is 0.759. The van der Waals surface area contributed by atoms with Crippen molar-refractivity contribution in [3.8, 4) is 11.6 Å². The van der Waals surface area contributed by atoms with Crippen molar-refractivity contribution in [1.82, 2.24) is 4.98 Å². The number of nitrogens with zero attached hydrogens (tertiary/aromatic N) is 1. The molecule has 17 heavy (non-hydrogen) atoms. The molecule has 0 radical (unpaired) electrons. The largest absolute Gasteiger partial charge is 0.495 e. The zero-order chi connectivity index (χ0) is 13.0. The average molecular weight is 247 g/mol. The molecule has 94 valence electrons. The molecule has 0 fully saturated rings. The molecule has 0 aliphatic heterocycles. The number of hydrogen-bond acceptors (Lipinski definition) is 5. The second kappa shape index (κ2) is 5.42. The minimum absolute atomic E-state index is 0.127. The van der Waals surface area contributed by atoms with E-state index < -0.39 is 18.0 Å². The van der Waals surface area contributed by atoms with Gasteiger partial charge in [-0.3, -0.25) is 0 Å². The summed E-state index contributed by atoms with van der Waals surface area (Å²) in [5.74, 6) is -1.27. The molecule has 1 aromatic rings. The van der Waals surface area contributed by atoms with Gasteiger partial charge in [0.1, 0.15) is 5.75 Å². The van der Waals surface area contributed by atoms with E-state index in [1.54, 1.807) is 0 Å². The number of methoxy groups -OCH3 is 3. The van der Waals surface area contributed by atoms with Crippen LogP contribution in [0.2, 0.25) is 0 Å². The fraction of sp³-hybridized carbons (Fsp3) is 0.400. The first-order valence-electron chi connectivity index (χ1n) is 4.54. The van der Waals surface area contributed by atoms with Crippen LogP contribution in [0.1, 0.15) is 22.3 Å². The first-order valence-corrected chi connectivity index (χ1v) is 4.54. The molecule has 1 aromatic heterocycles. The van der Waals surface area contributed by atoms with Crippen LogP contribution in [-0.2, 0) is 4.74 Å². The third-order valence-corrected chi connectivity index (χ3v) is 2.05. The Morgan fingerprint density at radius 3 is 2.35 bits per heavy atom. The predicted molar refractivity (Wildman–Crippen MR) is 53.6 cm³/mol. The second-order valence-corrected chi connectivity index (χ2v) is 2.92. The normalized spacial score (nSPS) is 10.2. The van der Waals surface area contributed by atoms with Crippen LogP contribution in [0, 0.1) is 0 Å². The van der Waals surface area contributed by atoms with Crippen molar-refractivity contribution >= 4 is 5.97 Å². The molecule has 1 heterocycles. The lowest BCUT2D eigenvalue weighted by Crippen LogP contribution is -2.10. The molecule has 0 bridgehead atoms. The fourth-order valence-electron chi connectivity index (χ4n) is 1.30. The number of alkyl halides is 2. The number of ether oxygens (including phenoxy) is 3. The molecular formula is C10H11F2NO4. The number of carbonyl (C=O) groups is 1. The highest BCUT2D eigenvalue weighted by atomic mass is 19.3. The van der Waals surface area contributed by atoms with Gasteiger partial charge in [-0.25, -0.2) is 18.6 Å². The molecule has 0 saturated carbocycles. The molecule has 0 aliphatic rings. The van der Waals surface area contributed by atoms with E-state index in [1.807, 2.05) is 0 Å². The summed E-state index contributed by atoms with van der Waals surface area (Å²) in [4.78, 5) is 15.1. The van der Waals surface area contributed by atoms with E-state index in [9.17, 15) is 13.6 Å². The van der Waals surface area contributed by atoms with Crippen molar-refractivity contribution in [2.24, 2.45) is 0 Å². The SMILES string of the molecule is COC(=O)c1c(OC)ncc(C(F)F)c1OC. The van der Waals surface area contributed by atoms with E-state index in [2.05, 4.69) is 9.72 Å². The van der Waals surface area contributed by atoms with Crippen molar-refractivity contribution in [3.05, 3.63) is 17.3 Å². The molecule has 0 aliphatic carbocycles. The summed E-state index contributed by atoms with van der Waals surface area (Å²) in [6, 6.07) is 0. The number of rotatable bonds is 4. The highest BCUT2D eigenvalue weighted by Crippen LogP contribution is 2.35. The highest BCUT2D eigenvalue weighted by molar-refractivity contribution is 5.95. The van der Waals surface area contributed by atoms with Crippen LogP contribution in [0.3, 0.4) is 0 Å². The number of halogens is 2. The van der Waals surface area contributed by atoms with Crippen LogP contribution >= 0.6 is 0 Å². The smallest absolute Gasteiger partial charge is 0.347 e. The Morgan fingerprint density at radius 1 is 1.29 bits per heavy atom. The molecule has 0 atom stereocenters. The van der Waals surface area contributed by atoms with Crippen LogP contribution in [0.5, 0.6) is 11.6 Å². The minimum Gasteiger partial charge on any atom is -0.495 e. The molecule has 0 amide bonds. The maximum atomic E-state index is 12.7. The molecule has 0 N–H and O–H groups in total. The van der Waals surface area contributed by atoms with Crippen LogP contribution in [0.25, 0.3) is 0 Å². The summed E-state index contributed by atoms with van der Waals surface area (Å²) in [6.45, 7) is 0. The number of pyridine rings is 1. The predicted octanol–water partition coefficient (Wildman–Crippen LogP) is 1.82. The molecule has 0 aromatic carbocycles. The number of esters is 1. The lowest BCUT2D eigenvalue weighted by Gasteiger charge is -2.13. The van der Waals surface area contributed by atoms with E-state index in [1.165, 1.54) is 14.2 Å². The van der Waals surface area contributed by atoms with Crippen molar-refractivity contribution < 1.29 is 27.8 Å². The molecule has 1 rings (SSSR count). The van der Waals surface area contributed by atoms with Crippen LogP contribution in [0.4, 0.5) is 8.78 Å². The zero-order valence-electron chi connectivity index (χ0n) is 9.49. The van der Waals surface area contributed by atoms with Gasteiger partial charge in [0.25, 0.3) is 6.43 Å². The van der Waals surface area contributed by atoms with Crippen molar-refractivity contribution in [2.45, 2.75) is 6.43 Å². The Hall–Kier alpha value is -1.92. The Labute approximate surface area is 96.3 Å². The maximum Gasteiger partial charge on any atom is 0.347 e. The molecule has 0 spiro atoms. The Morgan fingerprint density at radius 2 is 1.94 bits per heavy atom. The van der Waals surface area contributed by atoms with Gasteiger partial charge in [-0.2, -0.15) is 0 Å². The van der Waals surface area contributed by atoms with E-state index >= 15 is 0 Å². The summed E-state index contributed by atoms with van der Waals surface area (Å²) < 4.78 is 39.5. The minimum atomic E-state index is -2.81. The molecule has 5 nitrogen and oxygen atoms in total. The number of hydrogen-bond donors (Lipinski definition) is 0. The second-order valence-electron chi connectivity index (χ2n) is 2.92. The Balaban J connectivity index is 3.48. The topological polar surface area (TPSA) is 57.7 Å². The van der Waals surface area contributed by atoms with E-state index in [0.717, 1.165) is 13.3 Å². The van der Waals surface area contributed by atoms with Crippen molar-refractivity contribution in [2.75, 3.05) is 21.3 Å². The first kappa shape index (κ1) is 13.1. The van der Waals surface area contributed by atoms with Gasteiger partial charge in [0.2, 0.25) is 5.88 Å². The molecular weight excluding hydrogens is 236 g/mol. The van der Waals surface area contributed by atoms with Crippen molar-refractivity contribution in [3.63, 3.8) is 0 Å². The lowest BCUT2D eigenvalue weighted by atomic mass is 10.1. The third kappa shape index (κ3) is 2.43. The van der Waals surface area contributed by atoms with Crippen LogP contribution in [-0.4, -0.2) is 32.3 Å². The van der Waals surface area contributed by atoms with Gasteiger partial charge in [-0.15, -0.1) is 0 Å². The summed E-state index contributed by atoms with van der Waals surface area (Å²) in [5.41, 5.74) is -0.746. The van der Waals surface area contributed by atoms with E-state index in [0.29, 0.717) is 0 Å².